The van der Waals surface area contributed by atoms with Gasteiger partial charge < -0.3 is 4.74 Å². The lowest BCUT2D eigenvalue weighted by atomic mass is 10.1. The Kier molecular flexibility index (Phi) is 4.03. The number of esters is 1. The first kappa shape index (κ1) is 16.3. The number of benzene rings is 2. The zero-order chi connectivity index (χ0) is 18.1. The van der Waals surface area contributed by atoms with Gasteiger partial charge in [-0.1, -0.05) is 0 Å². The molecule has 7 heteroatoms. The molecule has 1 aliphatic heterocycles. The Labute approximate surface area is 142 Å². The maximum absolute atomic E-state index is 13.0. The van der Waals surface area contributed by atoms with E-state index in [2.05, 4.69) is 0 Å². The molecule has 0 saturated carbocycles. The minimum Gasteiger partial charge on any atom is -0.444 e. The van der Waals surface area contributed by atoms with Crippen LogP contribution >= 0.6 is 0 Å². The molecule has 1 aliphatic rings. The molecule has 2 aromatic rings. The Morgan fingerprint density at radius 1 is 1.12 bits per heavy atom. The number of nitriles is 1. The van der Waals surface area contributed by atoms with E-state index in [0.29, 0.717) is 0 Å². The molecule has 1 atom stereocenters. The van der Waals surface area contributed by atoms with Crippen LogP contribution in [0.1, 0.15) is 38.0 Å². The summed E-state index contributed by atoms with van der Waals surface area (Å²) in [6.45, 7) is 1.41. The Bertz CT molecular complexity index is 931. The number of ether oxygens (including phenoxy) is 1. The highest BCUT2D eigenvalue weighted by Crippen LogP contribution is 2.29. The number of halogens is 1. The number of fused-ring (bicyclic) bond motifs is 1. The van der Waals surface area contributed by atoms with E-state index in [4.69, 9.17) is 10.00 Å². The normalized spacial score (nSPS) is 14.0. The predicted molar refractivity (Wildman–Crippen MR) is 84.5 cm³/mol. The summed E-state index contributed by atoms with van der Waals surface area (Å²) in [5.74, 6) is -2.43. The molecule has 0 fully saturated rings. The van der Waals surface area contributed by atoms with Crippen molar-refractivity contribution in [3.05, 3.63) is 65.0 Å². The van der Waals surface area contributed by atoms with Crippen LogP contribution in [0.4, 0.5) is 10.1 Å². The van der Waals surface area contributed by atoms with Gasteiger partial charge in [0.1, 0.15) is 11.9 Å². The summed E-state index contributed by atoms with van der Waals surface area (Å²) in [6, 6.07) is 10.7. The van der Waals surface area contributed by atoms with Gasteiger partial charge in [0.15, 0.2) is 6.10 Å². The van der Waals surface area contributed by atoms with Crippen molar-refractivity contribution in [2.45, 2.75) is 13.0 Å². The molecular weight excluding hydrogens is 327 g/mol. The quantitative estimate of drug-likeness (QED) is 0.634. The second-order valence-corrected chi connectivity index (χ2v) is 5.36. The second-order valence-electron chi connectivity index (χ2n) is 5.36. The molecule has 1 unspecified atom stereocenters. The maximum Gasteiger partial charge on any atom is 0.339 e. The van der Waals surface area contributed by atoms with E-state index in [1.807, 2.05) is 0 Å². The summed E-state index contributed by atoms with van der Waals surface area (Å²) in [5, 5.41) is 8.68. The number of imide groups is 1. The number of carbonyl (C=O) groups is 3. The van der Waals surface area contributed by atoms with Gasteiger partial charge in [-0.2, -0.15) is 5.26 Å². The molecule has 124 valence electrons. The molecule has 0 aromatic heterocycles. The third kappa shape index (κ3) is 2.85. The van der Waals surface area contributed by atoms with E-state index >= 15 is 0 Å². The van der Waals surface area contributed by atoms with Crippen LogP contribution in [0.5, 0.6) is 0 Å². The van der Waals surface area contributed by atoms with Gasteiger partial charge in [-0.15, -0.1) is 0 Å². The smallest absolute Gasteiger partial charge is 0.339 e. The third-order valence-corrected chi connectivity index (χ3v) is 3.67. The van der Waals surface area contributed by atoms with Gasteiger partial charge in [0.05, 0.1) is 22.4 Å². The SMILES string of the molecule is CC(C#N)OC(=O)c1ccc2c(c1)C(=O)N(c1ccc(F)cc1)C2=O. The van der Waals surface area contributed by atoms with Gasteiger partial charge in [-0.25, -0.2) is 14.1 Å². The van der Waals surface area contributed by atoms with Crippen LogP contribution in [0.2, 0.25) is 0 Å². The summed E-state index contributed by atoms with van der Waals surface area (Å²) in [6.07, 6.45) is -0.936. The van der Waals surface area contributed by atoms with Gasteiger partial charge in [-0.3, -0.25) is 9.59 Å². The van der Waals surface area contributed by atoms with Crippen molar-refractivity contribution in [3.8, 4) is 6.07 Å². The van der Waals surface area contributed by atoms with E-state index in [-0.39, 0.29) is 22.4 Å². The standard InChI is InChI=1S/C18H11FN2O4/c1-10(9-20)25-18(24)11-2-7-14-15(8-11)17(23)21(16(14)22)13-5-3-12(19)4-6-13/h2-8,10H,1H3. The molecule has 0 bridgehead atoms. The fourth-order valence-corrected chi connectivity index (χ4v) is 2.45. The van der Waals surface area contributed by atoms with Crippen molar-refractivity contribution in [1.29, 1.82) is 5.26 Å². The largest absolute Gasteiger partial charge is 0.444 e. The number of anilines is 1. The number of carbonyl (C=O) groups excluding carboxylic acids is 3. The maximum atomic E-state index is 13.0. The van der Waals surface area contributed by atoms with Crippen molar-refractivity contribution in [2.75, 3.05) is 4.90 Å². The third-order valence-electron chi connectivity index (χ3n) is 3.67. The summed E-state index contributed by atoms with van der Waals surface area (Å²) in [7, 11) is 0. The second kappa shape index (κ2) is 6.17. The van der Waals surface area contributed by atoms with Crippen molar-refractivity contribution in [3.63, 3.8) is 0 Å². The average molecular weight is 338 g/mol. The molecule has 6 nitrogen and oxygen atoms in total. The summed E-state index contributed by atoms with van der Waals surface area (Å²) in [5.41, 5.74) is 0.477. The molecule has 0 aliphatic carbocycles. The molecule has 0 saturated heterocycles. The Morgan fingerprint density at radius 3 is 2.40 bits per heavy atom. The van der Waals surface area contributed by atoms with Crippen molar-refractivity contribution in [2.24, 2.45) is 0 Å². The molecule has 3 rings (SSSR count). The van der Waals surface area contributed by atoms with E-state index in [9.17, 15) is 18.8 Å². The monoisotopic (exact) mass is 338 g/mol. The number of rotatable bonds is 3. The van der Waals surface area contributed by atoms with Crippen molar-refractivity contribution < 1.29 is 23.5 Å². The van der Waals surface area contributed by atoms with Gasteiger partial charge in [-0.05, 0) is 49.4 Å². The minimum atomic E-state index is -0.936. The first-order valence-electron chi connectivity index (χ1n) is 7.31. The van der Waals surface area contributed by atoms with Gasteiger partial charge in [0.2, 0.25) is 0 Å². The summed E-state index contributed by atoms with van der Waals surface area (Å²) >= 11 is 0. The minimum absolute atomic E-state index is 0.0494. The molecule has 25 heavy (non-hydrogen) atoms. The number of nitrogens with zero attached hydrogens (tertiary/aromatic N) is 2. The Balaban J connectivity index is 1.94. The van der Waals surface area contributed by atoms with Crippen LogP contribution in [-0.4, -0.2) is 23.9 Å². The molecule has 2 aromatic carbocycles. The topological polar surface area (TPSA) is 87.5 Å². The molecule has 0 radical (unpaired) electrons. The fraction of sp³-hybridized carbons (Fsp3) is 0.111. The number of hydrogen-bond acceptors (Lipinski definition) is 5. The molecule has 2 amide bonds. The van der Waals surface area contributed by atoms with Crippen LogP contribution in [0.25, 0.3) is 0 Å². The number of hydrogen-bond donors (Lipinski definition) is 0. The van der Waals surface area contributed by atoms with Gasteiger partial charge in [0.25, 0.3) is 11.8 Å². The highest BCUT2D eigenvalue weighted by atomic mass is 19.1. The van der Waals surface area contributed by atoms with E-state index < -0.39 is 29.7 Å². The summed E-state index contributed by atoms with van der Waals surface area (Å²) in [4.78, 5) is 37.9. The van der Waals surface area contributed by atoms with Crippen LogP contribution in [0.3, 0.4) is 0 Å². The Hall–Kier alpha value is -3.53. The molecule has 0 spiro atoms. The average Bonchev–Trinajstić information content (AvgIpc) is 2.86. The van der Waals surface area contributed by atoms with E-state index in [1.165, 1.54) is 37.3 Å². The number of amides is 2. The molecular formula is C18H11FN2O4. The van der Waals surface area contributed by atoms with Crippen LogP contribution in [-0.2, 0) is 4.74 Å². The zero-order valence-corrected chi connectivity index (χ0v) is 13.0. The zero-order valence-electron chi connectivity index (χ0n) is 13.0. The fourth-order valence-electron chi connectivity index (χ4n) is 2.45. The van der Waals surface area contributed by atoms with Gasteiger partial charge in [0, 0.05) is 0 Å². The first-order chi connectivity index (χ1) is 11.9. The van der Waals surface area contributed by atoms with E-state index in [0.717, 1.165) is 17.0 Å². The lowest BCUT2D eigenvalue weighted by Crippen LogP contribution is -2.29. The van der Waals surface area contributed by atoms with Gasteiger partial charge >= 0.3 is 5.97 Å². The first-order valence-corrected chi connectivity index (χ1v) is 7.31. The highest BCUT2D eigenvalue weighted by molar-refractivity contribution is 6.34. The molecule has 1 heterocycles. The summed E-state index contributed by atoms with van der Waals surface area (Å²) < 4.78 is 17.9. The Morgan fingerprint density at radius 2 is 1.76 bits per heavy atom. The van der Waals surface area contributed by atoms with Crippen molar-refractivity contribution in [1.82, 2.24) is 0 Å². The van der Waals surface area contributed by atoms with Crippen LogP contribution < -0.4 is 4.90 Å². The van der Waals surface area contributed by atoms with Crippen molar-refractivity contribution >= 4 is 23.5 Å². The van der Waals surface area contributed by atoms with Crippen LogP contribution in [0, 0.1) is 17.1 Å². The highest BCUT2D eigenvalue weighted by Gasteiger charge is 2.37. The molecule has 0 N–H and O–H groups in total. The predicted octanol–water partition coefficient (Wildman–Crippen LogP) is 2.70. The lowest BCUT2D eigenvalue weighted by molar-refractivity contribution is 0.0435. The van der Waals surface area contributed by atoms with Crippen LogP contribution in [0.15, 0.2) is 42.5 Å². The lowest BCUT2D eigenvalue weighted by Gasteiger charge is -2.13. The van der Waals surface area contributed by atoms with E-state index in [1.54, 1.807) is 6.07 Å².